The Hall–Kier alpha value is -3.16. The van der Waals surface area contributed by atoms with Gasteiger partial charge in [0.1, 0.15) is 5.76 Å². The minimum atomic E-state index is -0.678. The van der Waals surface area contributed by atoms with Crippen LogP contribution in [0.2, 0.25) is 0 Å². The molecule has 8 nitrogen and oxygen atoms in total. The third kappa shape index (κ3) is 2.01. The first-order valence-corrected chi connectivity index (χ1v) is 6.29. The van der Waals surface area contributed by atoms with Gasteiger partial charge in [0.15, 0.2) is 11.3 Å². The van der Waals surface area contributed by atoms with E-state index in [0.29, 0.717) is 11.3 Å². The zero-order valence-corrected chi connectivity index (χ0v) is 11.7. The summed E-state index contributed by atoms with van der Waals surface area (Å²) >= 11 is 0. The summed E-state index contributed by atoms with van der Waals surface area (Å²) in [5.41, 5.74) is -0.830. The number of hydrogen-bond acceptors (Lipinski definition) is 6. The smallest absolute Gasteiger partial charge is 0.356 e. The zero-order chi connectivity index (χ0) is 15.9. The fraction of sp³-hybridized carbons (Fsp3) is 0.143. The van der Waals surface area contributed by atoms with Gasteiger partial charge >= 0.3 is 11.7 Å². The van der Waals surface area contributed by atoms with Crippen molar-refractivity contribution in [3.63, 3.8) is 0 Å². The van der Waals surface area contributed by atoms with E-state index in [0.717, 1.165) is 4.57 Å². The topological polar surface area (TPSA) is 107 Å². The number of carbonyl (C=O) groups is 1. The lowest BCUT2D eigenvalue weighted by atomic mass is 10.1. The first kappa shape index (κ1) is 13.8. The van der Waals surface area contributed by atoms with Crippen molar-refractivity contribution in [1.82, 2.24) is 14.5 Å². The minimum Gasteiger partial charge on any atom is -0.464 e. The second kappa shape index (κ2) is 4.99. The van der Waals surface area contributed by atoms with Gasteiger partial charge in [-0.2, -0.15) is 0 Å². The number of methoxy groups -OCH3 is 1. The molecule has 0 amide bonds. The number of aromatic nitrogens is 3. The second-order valence-corrected chi connectivity index (χ2v) is 4.54. The molecule has 0 unspecified atom stereocenters. The highest BCUT2D eigenvalue weighted by molar-refractivity contribution is 5.97. The van der Waals surface area contributed by atoms with Crippen LogP contribution in [0, 0.1) is 0 Å². The predicted octanol–water partition coefficient (Wildman–Crippen LogP) is 0.668. The second-order valence-electron chi connectivity index (χ2n) is 4.54. The van der Waals surface area contributed by atoms with E-state index < -0.39 is 17.2 Å². The van der Waals surface area contributed by atoms with Crippen LogP contribution >= 0.6 is 0 Å². The molecule has 3 aromatic heterocycles. The van der Waals surface area contributed by atoms with Gasteiger partial charge in [-0.15, -0.1) is 0 Å². The summed E-state index contributed by atoms with van der Waals surface area (Å²) in [7, 11) is 2.66. The third-order valence-corrected chi connectivity index (χ3v) is 3.25. The number of rotatable bonds is 2. The van der Waals surface area contributed by atoms with E-state index in [4.69, 9.17) is 4.42 Å². The number of aryl methyl sites for hydroxylation is 1. The number of esters is 1. The van der Waals surface area contributed by atoms with Gasteiger partial charge in [-0.25, -0.2) is 14.6 Å². The van der Waals surface area contributed by atoms with Gasteiger partial charge in [-0.05, 0) is 18.2 Å². The number of ether oxygens (including phenoxy) is 1. The molecule has 3 aromatic rings. The van der Waals surface area contributed by atoms with Crippen LogP contribution in [-0.4, -0.2) is 27.6 Å². The maximum absolute atomic E-state index is 12.2. The van der Waals surface area contributed by atoms with Crippen LogP contribution in [0.1, 0.15) is 10.5 Å². The number of carbonyl (C=O) groups excluding carboxylic acids is 1. The first-order chi connectivity index (χ1) is 10.5. The largest absolute Gasteiger partial charge is 0.464 e. The van der Waals surface area contributed by atoms with Crippen LogP contribution in [0.3, 0.4) is 0 Å². The van der Waals surface area contributed by atoms with E-state index >= 15 is 0 Å². The van der Waals surface area contributed by atoms with E-state index in [9.17, 15) is 14.4 Å². The lowest BCUT2D eigenvalue weighted by Gasteiger charge is -2.08. The number of nitrogens with one attached hydrogen (secondary N) is 1. The molecular formula is C14H11N3O5. The number of hydrogen-bond donors (Lipinski definition) is 1. The van der Waals surface area contributed by atoms with Crippen molar-refractivity contribution >= 4 is 17.0 Å². The maximum atomic E-state index is 12.2. The van der Waals surface area contributed by atoms with Crippen LogP contribution in [0.25, 0.3) is 22.4 Å². The van der Waals surface area contributed by atoms with E-state index in [2.05, 4.69) is 14.7 Å². The van der Waals surface area contributed by atoms with E-state index in [1.807, 2.05) is 0 Å². The van der Waals surface area contributed by atoms with Crippen LogP contribution in [-0.2, 0) is 11.8 Å². The van der Waals surface area contributed by atoms with Crippen molar-refractivity contribution in [3.8, 4) is 11.3 Å². The van der Waals surface area contributed by atoms with Gasteiger partial charge < -0.3 is 9.15 Å². The van der Waals surface area contributed by atoms with Crippen molar-refractivity contribution in [2.45, 2.75) is 0 Å². The van der Waals surface area contributed by atoms with Crippen molar-refractivity contribution in [1.29, 1.82) is 0 Å². The summed E-state index contributed by atoms with van der Waals surface area (Å²) in [5, 5.41) is 0.157. The highest BCUT2D eigenvalue weighted by atomic mass is 16.5. The highest BCUT2D eigenvalue weighted by Gasteiger charge is 2.19. The Kier molecular flexibility index (Phi) is 3.13. The van der Waals surface area contributed by atoms with Crippen LogP contribution < -0.4 is 11.2 Å². The van der Waals surface area contributed by atoms with Gasteiger partial charge in [0.05, 0.1) is 18.8 Å². The van der Waals surface area contributed by atoms with Crippen molar-refractivity contribution in [2.24, 2.45) is 7.05 Å². The number of aromatic amines is 1. The molecule has 0 aliphatic heterocycles. The standard InChI is InChI=1S/C14H11N3O5/c1-17-11-10(12(18)16-14(17)20)7(9-4-3-5-22-9)6-8(15-11)13(19)21-2/h3-6H,1-2H3,(H,16,18,20). The van der Waals surface area contributed by atoms with Crippen LogP contribution in [0.4, 0.5) is 0 Å². The minimum absolute atomic E-state index is 0.0259. The fourth-order valence-corrected chi connectivity index (χ4v) is 2.17. The quantitative estimate of drug-likeness (QED) is 0.697. The summed E-state index contributed by atoms with van der Waals surface area (Å²) in [5.74, 6) is -0.302. The molecule has 3 heterocycles. The monoisotopic (exact) mass is 301 g/mol. The van der Waals surface area contributed by atoms with Gasteiger partial charge in [-0.3, -0.25) is 14.3 Å². The summed E-state index contributed by atoms with van der Waals surface area (Å²) in [6.07, 6.45) is 1.44. The number of nitrogens with zero attached hydrogens (tertiary/aromatic N) is 2. The molecule has 8 heteroatoms. The molecule has 0 saturated heterocycles. The number of pyridine rings is 1. The molecule has 0 spiro atoms. The van der Waals surface area contributed by atoms with Crippen molar-refractivity contribution in [2.75, 3.05) is 7.11 Å². The molecule has 112 valence electrons. The Morgan fingerprint density at radius 1 is 1.41 bits per heavy atom. The summed E-state index contributed by atoms with van der Waals surface area (Å²) in [6.45, 7) is 0. The van der Waals surface area contributed by atoms with Crippen molar-refractivity contribution in [3.05, 3.63) is 51.0 Å². The first-order valence-electron chi connectivity index (χ1n) is 6.29. The molecule has 0 aromatic carbocycles. The molecule has 0 aliphatic rings. The highest BCUT2D eigenvalue weighted by Crippen LogP contribution is 2.26. The SMILES string of the molecule is COC(=O)c1cc(-c2ccco2)c2c(=O)[nH]c(=O)n(C)c2n1. The number of H-pyrrole nitrogens is 1. The Morgan fingerprint density at radius 2 is 2.18 bits per heavy atom. The Bertz CT molecular complexity index is 982. The van der Waals surface area contributed by atoms with Gasteiger partial charge in [0.2, 0.25) is 0 Å². The third-order valence-electron chi connectivity index (χ3n) is 3.25. The van der Waals surface area contributed by atoms with Gasteiger partial charge in [0.25, 0.3) is 5.56 Å². The Morgan fingerprint density at radius 3 is 2.82 bits per heavy atom. The average molecular weight is 301 g/mol. The van der Waals surface area contributed by atoms with E-state index in [-0.39, 0.29) is 16.7 Å². The molecule has 0 aliphatic carbocycles. The average Bonchev–Trinajstić information content (AvgIpc) is 3.05. The normalized spacial score (nSPS) is 10.8. The number of furan rings is 1. The molecule has 3 rings (SSSR count). The predicted molar refractivity (Wildman–Crippen MR) is 76.6 cm³/mol. The number of fused-ring (bicyclic) bond motifs is 1. The molecule has 22 heavy (non-hydrogen) atoms. The molecule has 1 N–H and O–H groups in total. The van der Waals surface area contributed by atoms with Crippen LogP contribution in [0.15, 0.2) is 38.5 Å². The Balaban J connectivity index is 2.51. The molecule has 0 fully saturated rings. The molecule has 0 bridgehead atoms. The molecular weight excluding hydrogens is 290 g/mol. The molecule has 0 atom stereocenters. The van der Waals surface area contributed by atoms with Crippen molar-refractivity contribution < 1.29 is 13.9 Å². The van der Waals surface area contributed by atoms with Gasteiger partial charge in [0, 0.05) is 12.6 Å². The van der Waals surface area contributed by atoms with Gasteiger partial charge in [-0.1, -0.05) is 0 Å². The lowest BCUT2D eigenvalue weighted by Crippen LogP contribution is -2.29. The molecule has 0 radical (unpaired) electrons. The fourth-order valence-electron chi connectivity index (χ4n) is 2.17. The zero-order valence-electron chi connectivity index (χ0n) is 11.7. The molecule has 0 saturated carbocycles. The Labute approximate surface area is 123 Å². The summed E-state index contributed by atoms with van der Waals surface area (Å²) in [6, 6.07) is 4.68. The van der Waals surface area contributed by atoms with E-state index in [1.165, 1.54) is 26.5 Å². The summed E-state index contributed by atoms with van der Waals surface area (Å²) < 4.78 is 11.1. The summed E-state index contributed by atoms with van der Waals surface area (Å²) in [4.78, 5) is 41.9. The van der Waals surface area contributed by atoms with Crippen LogP contribution in [0.5, 0.6) is 0 Å². The lowest BCUT2D eigenvalue weighted by molar-refractivity contribution is 0.0594. The van der Waals surface area contributed by atoms with E-state index in [1.54, 1.807) is 12.1 Å². The maximum Gasteiger partial charge on any atom is 0.356 e.